The maximum atomic E-state index is 12.7. The Labute approximate surface area is 156 Å². The Balaban J connectivity index is 1.42. The molecule has 2 heterocycles. The van der Waals surface area contributed by atoms with Gasteiger partial charge in [0.05, 0.1) is 18.9 Å². The van der Waals surface area contributed by atoms with Crippen molar-refractivity contribution >= 4 is 5.91 Å². The highest BCUT2D eigenvalue weighted by atomic mass is 16.5. The molecular formula is C19H21N5O3. The standard InChI is InChI=1S/C19H21N5O3/c1-13(21-18(25)19(7-8-19)11-24-10-9-20-12-24)17-22-16(23-27-17)14-3-5-15(26-2)6-4-14/h3-6,9-10,12-13H,7-8,11H2,1-2H3,(H,21,25)/t13-/m1/s1. The number of imidazole rings is 1. The molecule has 1 aliphatic carbocycles. The van der Waals surface area contributed by atoms with E-state index in [-0.39, 0.29) is 17.4 Å². The van der Waals surface area contributed by atoms with Crippen molar-refractivity contribution in [3.63, 3.8) is 0 Å². The molecule has 27 heavy (non-hydrogen) atoms. The van der Waals surface area contributed by atoms with Gasteiger partial charge in [-0.05, 0) is 44.0 Å². The molecular weight excluding hydrogens is 346 g/mol. The molecule has 1 fully saturated rings. The SMILES string of the molecule is COc1ccc(-c2noc([C@@H](C)NC(=O)C3(Cn4ccnc4)CC3)n2)cc1. The number of carbonyl (C=O) groups excluding carboxylic acids is 1. The summed E-state index contributed by atoms with van der Waals surface area (Å²) in [6.45, 7) is 2.48. The summed E-state index contributed by atoms with van der Waals surface area (Å²) in [5.74, 6) is 1.63. The number of rotatable bonds is 7. The molecule has 1 N–H and O–H groups in total. The van der Waals surface area contributed by atoms with Crippen LogP contribution in [-0.2, 0) is 11.3 Å². The second kappa shape index (κ2) is 6.86. The number of hydrogen-bond donors (Lipinski definition) is 1. The third-order valence-corrected chi connectivity index (χ3v) is 4.89. The van der Waals surface area contributed by atoms with Gasteiger partial charge in [-0.25, -0.2) is 4.98 Å². The van der Waals surface area contributed by atoms with Crippen LogP contribution in [0.5, 0.6) is 5.75 Å². The fraction of sp³-hybridized carbons (Fsp3) is 0.368. The van der Waals surface area contributed by atoms with Crippen molar-refractivity contribution < 1.29 is 14.1 Å². The van der Waals surface area contributed by atoms with E-state index in [2.05, 4.69) is 20.4 Å². The molecule has 0 radical (unpaired) electrons. The minimum absolute atomic E-state index is 0.00731. The molecule has 2 aromatic heterocycles. The fourth-order valence-corrected chi connectivity index (χ4v) is 3.02. The number of nitrogens with zero attached hydrogens (tertiary/aromatic N) is 4. The zero-order valence-electron chi connectivity index (χ0n) is 15.3. The Kier molecular flexibility index (Phi) is 4.39. The van der Waals surface area contributed by atoms with Crippen molar-refractivity contribution in [1.29, 1.82) is 0 Å². The van der Waals surface area contributed by atoms with Gasteiger partial charge < -0.3 is 19.1 Å². The molecule has 1 amide bonds. The smallest absolute Gasteiger partial charge is 0.249 e. The van der Waals surface area contributed by atoms with Crippen LogP contribution in [0.2, 0.25) is 0 Å². The summed E-state index contributed by atoms with van der Waals surface area (Å²) < 4.78 is 12.4. The third kappa shape index (κ3) is 3.55. The van der Waals surface area contributed by atoms with Crippen molar-refractivity contribution in [1.82, 2.24) is 25.0 Å². The molecule has 0 bridgehead atoms. The summed E-state index contributed by atoms with van der Waals surface area (Å²) in [6, 6.07) is 7.03. The first-order valence-corrected chi connectivity index (χ1v) is 8.84. The molecule has 8 heteroatoms. The monoisotopic (exact) mass is 367 g/mol. The molecule has 0 unspecified atom stereocenters. The summed E-state index contributed by atoms with van der Waals surface area (Å²) in [6.07, 6.45) is 7.05. The molecule has 1 atom stereocenters. The predicted octanol–water partition coefficient (Wildman–Crippen LogP) is 2.60. The molecule has 8 nitrogen and oxygen atoms in total. The van der Waals surface area contributed by atoms with Gasteiger partial charge in [-0.3, -0.25) is 4.79 Å². The number of nitrogens with one attached hydrogen (secondary N) is 1. The van der Waals surface area contributed by atoms with Crippen LogP contribution < -0.4 is 10.1 Å². The van der Waals surface area contributed by atoms with Gasteiger partial charge in [0.15, 0.2) is 0 Å². The van der Waals surface area contributed by atoms with Crippen LogP contribution >= 0.6 is 0 Å². The van der Waals surface area contributed by atoms with Crippen molar-refractivity contribution in [2.45, 2.75) is 32.4 Å². The maximum Gasteiger partial charge on any atom is 0.249 e. The molecule has 0 aliphatic heterocycles. The number of hydrogen-bond acceptors (Lipinski definition) is 6. The lowest BCUT2D eigenvalue weighted by molar-refractivity contribution is -0.127. The van der Waals surface area contributed by atoms with Gasteiger partial charge in [-0.15, -0.1) is 0 Å². The molecule has 3 aromatic rings. The number of carbonyl (C=O) groups is 1. The molecule has 1 aliphatic rings. The minimum atomic E-state index is -0.367. The first-order chi connectivity index (χ1) is 13.1. The Morgan fingerprint density at radius 3 is 2.78 bits per heavy atom. The average molecular weight is 367 g/mol. The first kappa shape index (κ1) is 17.3. The lowest BCUT2D eigenvalue weighted by Gasteiger charge is -2.18. The Hall–Kier alpha value is -3.16. The van der Waals surface area contributed by atoms with E-state index in [1.165, 1.54) is 0 Å². The maximum absolute atomic E-state index is 12.7. The largest absolute Gasteiger partial charge is 0.497 e. The molecule has 140 valence electrons. The van der Waals surface area contributed by atoms with E-state index < -0.39 is 0 Å². The van der Waals surface area contributed by atoms with Gasteiger partial charge in [0.1, 0.15) is 11.8 Å². The van der Waals surface area contributed by atoms with E-state index in [0.717, 1.165) is 24.2 Å². The second-order valence-corrected chi connectivity index (χ2v) is 6.90. The molecule has 1 aromatic carbocycles. The van der Waals surface area contributed by atoms with Gasteiger partial charge in [0.2, 0.25) is 17.6 Å². The van der Waals surface area contributed by atoms with E-state index in [1.807, 2.05) is 42.0 Å². The Morgan fingerprint density at radius 1 is 1.37 bits per heavy atom. The summed E-state index contributed by atoms with van der Waals surface area (Å²) in [5, 5.41) is 7.02. The number of methoxy groups -OCH3 is 1. The fourth-order valence-electron chi connectivity index (χ4n) is 3.02. The topological polar surface area (TPSA) is 95.1 Å². The average Bonchev–Trinajstić information content (AvgIpc) is 3.09. The lowest BCUT2D eigenvalue weighted by atomic mass is 10.1. The Bertz CT molecular complexity index is 913. The van der Waals surface area contributed by atoms with Crippen molar-refractivity contribution in [3.8, 4) is 17.1 Å². The number of benzene rings is 1. The van der Waals surface area contributed by atoms with Crippen LogP contribution in [0.1, 0.15) is 31.7 Å². The van der Waals surface area contributed by atoms with Crippen LogP contribution in [0.25, 0.3) is 11.4 Å². The van der Waals surface area contributed by atoms with Crippen LogP contribution in [0, 0.1) is 5.41 Å². The second-order valence-electron chi connectivity index (χ2n) is 6.90. The minimum Gasteiger partial charge on any atom is -0.497 e. The van der Waals surface area contributed by atoms with Crippen LogP contribution in [0.4, 0.5) is 0 Å². The van der Waals surface area contributed by atoms with Crippen LogP contribution in [-0.4, -0.2) is 32.7 Å². The van der Waals surface area contributed by atoms with E-state index >= 15 is 0 Å². The van der Waals surface area contributed by atoms with Gasteiger partial charge in [0, 0.05) is 24.5 Å². The molecule has 1 saturated carbocycles. The van der Waals surface area contributed by atoms with E-state index in [0.29, 0.717) is 18.3 Å². The highest BCUT2D eigenvalue weighted by Gasteiger charge is 2.50. The van der Waals surface area contributed by atoms with Crippen molar-refractivity contribution in [2.24, 2.45) is 5.41 Å². The predicted molar refractivity (Wildman–Crippen MR) is 96.7 cm³/mol. The zero-order chi connectivity index (χ0) is 18.9. The number of ether oxygens (including phenoxy) is 1. The zero-order valence-corrected chi connectivity index (χ0v) is 15.3. The molecule has 0 spiro atoms. The summed E-state index contributed by atoms with van der Waals surface area (Å²) in [4.78, 5) is 21.2. The van der Waals surface area contributed by atoms with Crippen molar-refractivity contribution in [3.05, 3.63) is 48.9 Å². The van der Waals surface area contributed by atoms with E-state index in [4.69, 9.17) is 9.26 Å². The summed E-state index contributed by atoms with van der Waals surface area (Å²) in [7, 11) is 1.62. The lowest BCUT2D eigenvalue weighted by Crippen LogP contribution is -2.36. The first-order valence-electron chi connectivity index (χ1n) is 8.84. The third-order valence-electron chi connectivity index (χ3n) is 4.89. The summed E-state index contributed by atoms with van der Waals surface area (Å²) in [5.41, 5.74) is 0.455. The quantitative estimate of drug-likeness (QED) is 0.690. The van der Waals surface area contributed by atoms with Gasteiger partial charge in [-0.1, -0.05) is 5.16 Å². The summed E-state index contributed by atoms with van der Waals surface area (Å²) >= 11 is 0. The van der Waals surface area contributed by atoms with Gasteiger partial charge >= 0.3 is 0 Å². The highest BCUT2D eigenvalue weighted by molar-refractivity contribution is 5.85. The normalized spacial score (nSPS) is 15.9. The Morgan fingerprint density at radius 2 is 2.15 bits per heavy atom. The van der Waals surface area contributed by atoms with E-state index in [9.17, 15) is 4.79 Å². The number of amides is 1. The van der Waals surface area contributed by atoms with Gasteiger partial charge in [-0.2, -0.15) is 4.98 Å². The highest BCUT2D eigenvalue weighted by Crippen LogP contribution is 2.47. The number of aromatic nitrogens is 4. The molecule has 4 rings (SSSR count). The van der Waals surface area contributed by atoms with Crippen molar-refractivity contribution in [2.75, 3.05) is 7.11 Å². The van der Waals surface area contributed by atoms with E-state index in [1.54, 1.807) is 19.6 Å². The van der Waals surface area contributed by atoms with Crippen LogP contribution in [0.3, 0.4) is 0 Å². The molecule has 0 saturated heterocycles. The van der Waals surface area contributed by atoms with Crippen LogP contribution in [0.15, 0.2) is 47.5 Å². The van der Waals surface area contributed by atoms with Gasteiger partial charge in [0.25, 0.3) is 0 Å².